The van der Waals surface area contributed by atoms with Crippen LogP contribution in [0.1, 0.15) is 22.9 Å². The van der Waals surface area contributed by atoms with Crippen molar-refractivity contribution in [2.45, 2.75) is 12.6 Å². The van der Waals surface area contributed by atoms with Crippen LogP contribution in [0.2, 0.25) is 0 Å². The number of rotatable bonds is 6. The second kappa shape index (κ2) is 9.58. The van der Waals surface area contributed by atoms with Crippen molar-refractivity contribution < 1.29 is 9.47 Å². The van der Waals surface area contributed by atoms with Crippen LogP contribution in [0.3, 0.4) is 0 Å². The molecule has 0 saturated carbocycles. The van der Waals surface area contributed by atoms with Gasteiger partial charge in [0.1, 0.15) is 5.01 Å². The van der Waals surface area contributed by atoms with Crippen LogP contribution in [0.25, 0.3) is 10.6 Å². The zero-order chi connectivity index (χ0) is 22.7. The first-order chi connectivity index (χ1) is 16.8. The fraction of sp³-hybridized carbons (Fsp3) is 0.250. The lowest BCUT2D eigenvalue weighted by Crippen LogP contribution is -2.47. The fourth-order valence-electron chi connectivity index (χ4n) is 4.84. The van der Waals surface area contributed by atoms with Gasteiger partial charge in [0, 0.05) is 43.7 Å². The number of benzene rings is 3. The summed E-state index contributed by atoms with van der Waals surface area (Å²) in [6.45, 7) is 5.32. The third-order valence-corrected chi connectivity index (χ3v) is 7.50. The minimum absolute atomic E-state index is 0.293. The Morgan fingerprint density at radius 1 is 0.794 bits per heavy atom. The van der Waals surface area contributed by atoms with Gasteiger partial charge >= 0.3 is 0 Å². The van der Waals surface area contributed by atoms with Gasteiger partial charge in [-0.3, -0.25) is 9.80 Å². The van der Waals surface area contributed by atoms with E-state index in [1.165, 1.54) is 11.1 Å². The summed E-state index contributed by atoms with van der Waals surface area (Å²) in [6.07, 6.45) is 0. The topological polar surface area (TPSA) is 37.8 Å². The van der Waals surface area contributed by atoms with Gasteiger partial charge in [0.2, 0.25) is 6.79 Å². The van der Waals surface area contributed by atoms with Crippen molar-refractivity contribution in [1.82, 2.24) is 14.8 Å². The third kappa shape index (κ3) is 4.44. The van der Waals surface area contributed by atoms with Crippen molar-refractivity contribution in [2.75, 3.05) is 33.0 Å². The number of nitrogens with zero attached hydrogens (tertiary/aromatic N) is 3. The minimum Gasteiger partial charge on any atom is -0.454 e. The van der Waals surface area contributed by atoms with E-state index >= 15 is 0 Å². The smallest absolute Gasteiger partial charge is 0.231 e. The summed E-state index contributed by atoms with van der Waals surface area (Å²) in [5.41, 5.74) is 4.93. The number of fused-ring (bicyclic) bond motifs is 1. The molecule has 0 N–H and O–H groups in total. The monoisotopic (exact) mass is 469 g/mol. The largest absolute Gasteiger partial charge is 0.454 e. The fourth-order valence-corrected chi connectivity index (χ4v) is 5.64. The Balaban J connectivity index is 1.12. The van der Waals surface area contributed by atoms with Gasteiger partial charge in [0.15, 0.2) is 11.5 Å². The molecule has 1 fully saturated rings. The third-order valence-electron chi connectivity index (χ3n) is 6.56. The maximum absolute atomic E-state index is 5.52. The van der Waals surface area contributed by atoms with Gasteiger partial charge in [-0.1, -0.05) is 60.7 Å². The van der Waals surface area contributed by atoms with E-state index in [-0.39, 0.29) is 0 Å². The summed E-state index contributed by atoms with van der Waals surface area (Å²) >= 11 is 1.69. The molecule has 6 heteroatoms. The summed E-state index contributed by atoms with van der Waals surface area (Å²) in [5, 5.41) is 3.21. The number of thiazole rings is 1. The normalized spacial score (nSPS) is 16.3. The van der Waals surface area contributed by atoms with E-state index in [1.54, 1.807) is 11.3 Å². The number of hydrogen-bond acceptors (Lipinski definition) is 6. The molecular formula is C28H27N3O2S. The molecule has 0 aliphatic carbocycles. The van der Waals surface area contributed by atoms with Gasteiger partial charge in [-0.25, -0.2) is 4.98 Å². The van der Waals surface area contributed by atoms with E-state index in [4.69, 9.17) is 14.5 Å². The van der Waals surface area contributed by atoms with E-state index in [1.807, 2.05) is 12.1 Å². The molecule has 2 aliphatic rings. The standard InChI is InChI=1S/C28H27N3O2S/c1-3-7-21(8-4-1)27(22-9-5-2-6-10-22)31-15-13-30(14-16-31)18-24-19-34-28(29-24)23-11-12-25-26(17-23)33-20-32-25/h1-12,17,19,27H,13-16,18,20H2. The average Bonchev–Trinajstić information content (AvgIpc) is 3.56. The molecule has 0 radical (unpaired) electrons. The molecule has 5 nitrogen and oxygen atoms in total. The molecule has 0 spiro atoms. The summed E-state index contributed by atoms with van der Waals surface area (Å²) in [7, 11) is 0. The van der Waals surface area contributed by atoms with E-state index in [0.29, 0.717) is 12.8 Å². The Morgan fingerprint density at radius 2 is 1.47 bits per heavy atom. The Morgan fingerprint density at radius 3 is 2.18 bits per heavy atom. The maximum Gasteiger partial charge on any atom is 0.231 e. The molecular weight excluding hydrogens is 442 g/mol. The molecule has 3 aromatic carbocycles. The van der Waals surface area contributed by atoms with Gasteiger partial charge in [0.05, 0.1) is 11.7 Å². The SMILES string of the molecule is c1ccc(C(c2ccccc2)N2CCN(Cc3csc(-c4ccc5c(c4)OCO5)n3)CC2)cc1. The molecule has 172 valence electrons. The van der Waals surface area contributed by atoms with Gasteiger partial charge in [-0.05, 0) is 29.3 Å². The van der Waals surface area contributed by atoms with Gasteiger partial charge in [0.25, 0.3) is 0 Å². The first-order valence-corrected chi connectivity index (χ1v) is 12.6. The minimum atomic E-state index is 0.293. The zero-order valence-corrected chi connectivity index (χ0v) is 19.8. The summed E-state index contributed by atoms with van der Waals surface area (Å²) < 4.78 is 11.0. The van der Waals surface area contributed by atoms with Gasteiger partial charge < -0.3 is 9.47 Å². The zero-order valence-electron chi connectivity index (χ0n) is 19.0. The highest BCUT2D eigenvalue weighted by atomic mass is 32.1. The molecule has 1 aromatic heterocycles. The van der Waals surface area contributed by atoms with Crippen molar-refractivity contribution in [3.05, 3.63) is 101 Å². The first-order valence-electron chi connectivity index (χ1n) is 11.7. The molecule has 0 amide bonds. The molecule has 0 bridgehead atoms. The average molecular weight is 470 g/mol. The Kier molecular flexibility index (Phi) is 6.02. The van der Waals surface area contributed by atoms with Crippen LogP contribution < -0.4 is 9.47 Å². The molecule has 4 aromatic rings. The van der Waals surface area contributed by atoms with Crippen molar-refractivity contribution in [2.24, 2.45) is 0 Å². The highest BCUT2D eigenvalue weighted by Crippen LogP contribution is 2.37. The lowest BCUT2D eigenvalue weighted by Gasteiger charge is -2.39. The molecule has 6 rings (SSSR count). The lowest BCUT2D eigenvalue weighted by atomic mass is 9.96. The van der Waals surface area contributed by atoms with Crippen molar-refractivity contribution in [3.63, 3.8) is 0 Å². The summed E-state index contributed by atoms with van der Waals surface area (Å²) in [5.74, 6) is 1.61. The number of piperazine rings is 1. The van der Waals surface area contributed by atoms with Crippen LogP contribution in [0.4, 0.5) is 0 Å². The summed E-state index contributed by atoms with van der Waals surface area (Å²) in [6, 6.07) is 28.1. The van der Waals surface area contributed by atoms with Crippen LogP contribution in [0.5, 0.6) is 11.5 Å². The molecule has 3 heterocycles. The van der Waals surface area contributed by atoms with E-state index < -0.39 is 0 Å². The number of ether oxygens (including phenoxy) is 2. The molecule has 0 atom stereocenters. The highest BCUT2D eigenvalue weighted by Gasteiger charge is 2.26. The van der Waals surface area contributed by atoms with E-state index in [0.717, 1.165) is 60.5 Å². The first kappa shape index (κ1) is 21.4. The quantitative estimate of drug-likeness (QED) is 0.376. The van der Waals surface area contributed by atoms with Crippen LogP contribution in [0, 0.1) is 0 Å². The lowest BCUT2D eigenvalue weighted by molar-refractivity contribution is 0.104. The van der Waals surface area contributed by atoms with Crippen LogP contribution in [-0.2, 0) is 6.54 Å². The predicted octanol–water partition coefficient (Wildman–Crippen LogP) is 5.45. The van der Waals surface area contributed by atoms with E-state index in [2.05, 4.69) is 81.9 Å². The Hall–Kier alpha value is -3.19. The number of hydrogen-bond donors (Lipinski definition) is 0. The van der Waals surface area contributed by atoms with Crippen molar-refractivity contribution >= 4 is 11.3 Å². The second-order valence-electron chi connectivity index (χ2n) is 8.75. The predicted molar refractivity (Wildman–Crippen MR) is 135 cm³/mol. The van der Waals surface area contributed by atoms with Crippen LogP contribution in [-0.4, -0.2) is 47.8 Å². The molecule has 1 saturated heterocycles. The van der Waals surface area contributed by atoms with Crippen LogP contribution >= 0.6 is 11.3 Å². The second-order valence-corrected chi connectivity index (χ2v) is 9.61. The molecule has 0 unspecified atom stereocenters. The van der Waals surface area contributed by atoms with Crippen molar-refractivity contribution in [1.29, 1.82) is 0 Å². The number of aromatic nitrogens is 1. The summed E-state index contributed by atoms with van der Waals surface area (Å²) in [4.78, 5) is 10.0. The Labute approximate surface area is 204 Å². The van der Waals surface area contributed by atoms with Gasteiger partial charge in [-0.2, -0.15) is 0 Å². The maximum atomic E-state index is 5.52. The highest BCUT2D eigenvalue weighted by molar-refractivity contribution is 7.13. The molecule has 2 aliphatic heterocycles. The molecule has 34 heavy (non-hydrogen) atoms. The van der Waals surface area contributed by atoms with Crippen molar-refractivity contribution in [3.8, 4) is 22.1 Å². The van der Waals surface area contributed by atoms with E-state index in [9.17, 15) is 0 Å². The van der Waals surface area contributed by atoms with Gasteiger partial charge in [-0.15, -0.1) is 11.3 Å². The Bertz CT molecular complexity index is 1200. The van der Waals surface area contributed by atoms with Crippen LogP contribution in [0.15, 0.2) is 84.2 Å².